The molecule has 0 fully saturated rings. The van der Waals surface area contributed by atoms with Crippen LogP contribution in [-0.2, 0) is 9.84 Å². The van der Waals surface area contributed by atoms with E-state index in [0.717, 1.165) is 23.2 Å². The van der Waals surface area contributed by atoms with E-state index in [-0.39, 0.29) is 9.80 Å². The Morgan fingerprint density at radius 1 is 1.06 bits per heavy atom. The third-order valence-corrected chi connectivity index (χ3v) is 7.04. The van der Waals surface area contributed by atoms with Gasteiger partial charge >= 0.3 is 0 Å². The molecule has 7 heteroatoms. The summed E-state index contributed by atoms with van der Waals surface area (Å²) < 4.78 is 33.9. The molecule has 6 nitrogen and oxygen atoms in total. The molecule has 0 aliphatic rings. The summed E-state index contributed by atoms with van der Waals surface area (Å²) in [5.41, 5.74) is 3.55. The second-order valence-electron chi connectivity index (χ2n) is 8.03. The molecule has 0 bridgehead atoms. The van der Waals surface area contributed by atoms with Gasteiger partial charge in [-0.05, 0) is 55.8 Å². The third-order valence-electron chi connectivity index (χ3n) is 5.36. The lowest BCUT2D eigenvalue weighted by Gasteiger charge is -2.07. The van der Waals surface area contributed by atoms with Crippen molar-refractivity contribution in [3.8, 4) is 28.8 Å². The molecule has 3 aromatic carbocycles. The van der Waals surface area contributed by atoms with Gasteiger partial charge in [0.1, 0.15) is 22.4 Å². The molecule has 0 radical (unpaired) electrons. The Morgan fingerprint density at radius 3 is 2.49 bits per heavy atom. The number of nitriles is 1. The Kier molecular flexibility index (Phi) is 7.14. The lowest BCUT2D eigenvalue weighted by molar-refractivity contribution is 0.317. The summed E-state index contributed by atoms with van der Waals surface area (Å²) in [6.07, 6.45) is 3.99. The number of aryl methyl sites for hydroxylation is 1. The third kappa shape index (κ3) is 5.34. The lowest BCUT2D eigenvalue weighted by Crippen LogP contribution is -2.03. The average Bonchev–Trinajstić information content (AvgIpc) is 3.31. The van der Waals surface area contributed by atoms with Gasteiger partial charge in [-0.2, -0.15) is 10.4 Å². The predicted molar refractivity (Wildman–Crippen MR) is 137 cm³/mol. The first kappa shape index (κ1) is 24.0. The van der Waals surface area contributed by atoms with E-state index in [0.29, 0.717) is 23.6 Å². The van der Waals surface area contributed by atoms with E-state index in [9.17, 15) is 13.7 Å². The van der Waals surface area contributed by atoms with E-state index >= 15 is 0 Å². The molecule has 0 saturated heterocycles. The van der Waals surface area contributed by atoms with Crippen LogP contribution in [0.4, 0.5) is 0 Å². The maximum Gasteiger partial charge on any atom is 0.216 e. The Morgan fingerprint density at radius 2 is 1.80 bits per heavy atom. The van der Waals surface area contributed by atoms with E-state index in [1.807, 2.05) is 74.5 Å². The zero-order chi connectivity index (χ0) is 24.8. The molecule has 176 valence electrons. The van der Waals surface area contributed by atoms with Gasteiger partial charge < -0.3 is 4.74 Å². The van der Waals surface area contributed by atoms with Crippen LogP contribution in [0, 0.1) is 18.3 Å². The van der Waals surface area contributed by atoms with E-state index < -0.39 is 9.84 Å². The van der Waals surface area contributed by atoms with Crippen LogP contribution in [-0.4, -0.2) is 24.8 Å². The second-order valence-corrected chi connectivity index (χ2v) is 9.94. The maximum absolute atomic E-state index is 13.2. The second kappa shape index (κ2) is 10.4. The Bertz CT molecular complexity index is 1500. The number of allylic oxidation sites excluding steroid dienone is 1. The number of benzene rings is 3. The molecule has 0 aliphatic heterocycles. The quantitative estimate of drug-likeness (QED) is 0.288. The van der Waals surface area contributed by atoms with Gasteiger partial charge in [0, 0.05) is 17.3 Å². The molecule has 0 unspecified atom stereocenters. The fourth-order valence-electron chi connectivity index (χ4n) is 3.54. The molecular weight excluding hydrogens is 458 g/mol. The Hall–Kier alpha value is -4.15. The highest BCUT2D eigenvalue weighted by Gasteiger charge is 2.22. The zero-order valence-corrected chi connectivity index (χ0v) is 20.4. The van der Waals surface area contributed by atoms with Crippen molar-refractivity contribution < 1.29 is 13.2 Å². The molecule has 0 atom stereocenters. The summed E-state index contributed by atoms with van der Waals surface area (Å²) in [4.78, 5) is -0.281. The zero-order valence-electron chi connectivity index (χ0n) is 19.5. The summed E-state index contributed by atoms with van der Waals surface area (Å²) in [7, 11) is -4.00. The smallest absolute Gasteiger partial charge is 0.216 e. The first-order chi connectivity index (χ1) is 16.9. The van der Waals surface area contributed by atoms with Crippen LogP contribution in [0.15, 0.2) is 94.9 Å². The van der Waals surface area contributed by atoms with Crippen LogP contribution in [0.3, 0.4) is 0 Å². The van der Waals surface area contributed by atoms with E-state index in [1.54, 1.807) is 23.0 Å². The fraction of sp³-hybridized carbons (Fsp3) is 0.143. The van der Waals surface area contributed by atoms with Crippen molar-refractivity contribution in [2.45, 2.75) is 25.2 Å². The highest BCUT2D eigenvalue weighted by atomic mass is 32.2. The molecule has 35 heavy (non-hydrogen) atoms. The number of hydrogen-bond donors (Lipinski definition) is 0. The Labute approximate surface area is 205 Å². The highest BCUT2D eigenvalue weighted by molar-refractivity contribution is 7.95. The minimum atomic E-state index is -4.00. The standard InChI is InChI=1S/C28H25N3O3S/c1-3-16-34-25-11-7-8-22(17-25)28-23(20-31(30-28)24-9-5-4-6-10-24)18-27(19-29)35(32,33)26-14-12-21(2)13-15-26/h4-15,17-18,20H,3,16H2,1-2H3/b27-18-. The SMILES string of the molecule is CCCOc1cccc(-c2nn(-c3ccccc3)cc2/C=C(/C#N)S(=O)(=O)c2ccc(C)cc2)c1. The number of nitrogens with zero attached hydrogens (tertiary/aromatic N) is 3. The number of rotatable bonds is 8. The monoisotopic (exact) mass is 483 g/mol. The van der Waals surface area contributed by atoms with Gasteiger partial charge in [-0.15, -0.1) is 0 Å². The molecule has 1 heterocycles. The van der Waals surface area contributed by atoms with Crippen molar-refractivity contribution in [2.24, 2.45) is 0 Å². The van der Waals surface area contributed by atoms with Crippen LogP contribution < -0.4 is 4.74 Å². The van der Waals surface area contributed by atoms with Gasteiger partial charge in [-0.1, -0.05) is 55.0 Å². The molecule has 1 aromatic heterocycles. The van der Waals surface area contributed by atoms with Crippen molar-refractivity contribution >= 4 is 15.9 Å². The molecule has 0 aliphatic carbocycles. The maximum atomic E-state index is 13.2. The number of hydrogen-bond acceptors (Lipinski definition) is 5. The molecule has 0 saturated carbocycles. The van der Waals surface area contributed by atoms with Crippen LogP contribution in [0.5, 0.6) is 5.75 Å². The van der Waals surface area contributed by atoms with E-state index in [2.05, 4.69) is 0 Å². The molecule has 4 rings (SSSR count). The molecule has 0 spiro atoms. The van der Waals surface area contributed by atoms with Crippen molar-refractivity contribution in [1.82, 2.24) is 9.78 Å². The summed E-state index contributed by atoms with van der Waals surface area (Å²) in [6.45, 7) is 4.49. The van der Waals surface area contributed by atoms with Gasteiger partial charge in [0.25, 0.3) is 0 Å². The average molecular weight is 484 g/mol. The first-order valence-corrected chi connectivity index (χ1v) is 12.7. The number of ether oxygens (including phenoxy) is 1. The van der Waals surface area contributed by atoms with Crippen LogP contribution in [0.2, 0.25) is 0 Å². The fourth-order valence-corrected chi connectivity index (χ4v) is 4.69. The minimum Gasteiger partial charge on any atom is -0.494 e. The Balaban J connectivity index is 1.85. The molecular formula is C28H25N3O3S. The largest absolute Gasteiger partial charge is 0.494 e. The topological polar surface area (TPSA) is 85.0 Å². The van der Waals surface area contributed by atoms with Crippen LogP contribution in [0.1, 0.15) is 24.5 Å². The van der Waals surface area contributed by atoms with Gasteiger partial charge in [0.2, 0.25) is 9.84 Å². The van der Waals surface area contributed by atoms with Crippen molar-refractivity contribution in [3.05, 3.63) is 101 Å². The summed E-state index contributed by atoms with van der Waals surface area (Å²) >= 11 is 0. The van der Waals surface area contributed by atoms with Gasteiger partial charge in [0.05, 0.1) is 17.2 Å². The van der Waals surface area contributed by atoms with Crippen LogP contribution in [0.25, 0.3) is 23.0 Å². The summed E-state index contributed by atoms with van der Waals surface area (Å²) in [5, 5.41) is 14.6. The molecule has 0 amide bonds. The van der Waals surface area contributed by atoms with E-state index in [1.165, 1.54) is 18.2 Å². The summed E-state index contributed by atoms with van der Waals surface area (Å²) in [5.74, 6) is 0.696. The van der Waals surface area contributed by atoms with Crippen LogP contribution >= 0.6 is 0 Å². The van der Waals surface area contributed by atoms with Gasteiger partial charge in [0.15, 0.2) is 0 Å². The van der Waals surface area contributed by atoms with Crippen molar-refractivity contribution in [3.63, 3.8) is 0 Å². The molecule has 4 aromatic rings. The van der Waals surface area contributed by atoms with E-state index in [4.69, 9.17) is 9.84 Å². The van der Waals surface area contributed by atoms with Gasteiger partial charge in [-0.25, -0.2) is 13.1 Å². The highest BCUT2D eigenvalue weighted by Crippen LogP contribution is 2.30. The first-order valence-electron chi connectivity index (χ1n) is 11.2. The molecule has 0 N–H and O–H groups in total. The number of sulfone groups is 1. The summed E-state index contributed by atoms with van der Waals surface area (Å²) in [6, 6.07) is 25.3. The normalized spacial score (nSPS) is 11.7. The van der Waals surface area contributed by atoms with Crippen molar-refractivity contribution in [1.29, 1.82) is 5.26 Å². The lowest BCUT2D eigenvalue weighted by atomic mass is 10.1. The predicted octanol–water partition coefficient (Wildman–Crippen LogP) is 5.97. The number of para-hydroxylation sites is 1. The minimum absolute atomic E-state index is 0.0721. The number of aromatic nitrogens is 2. The van der Waals surface area contributed by atoms with Gasteiger partial charge in [-0.3, -0.25) is 0 Å². The van der Waals surface area contributed by atoms with Crippen molar-refractivity contribution in [2.75, 3.05) is 6.61 Å².